The Morgan fingerprint density at radius 2 is 1.61 bits per heavy atom. The van der Waals surface area contributed by atoms with Gasteiger partial charge in [0.25, 0.3) is 5.91 Å². The summed E-state index contributed by atoms with van der Waals surface area (Å²) < 4.78 is 82.2. The van der Waals surface area contributed by atoms with Crippen LogP contribution in [0.1, 0.15) is 21.6 Å². The number of alkyl halides is 6. The van der Waals surface area contributed by atoms with Crippen LogP contribution in [0.5, 0.6) is 5.75 Å². The number of ether oxygens (including phenoxy) is 1. The van der Waals surface area contributed by atoms with E-state index in [0.29, 0.717) is 20.3 Å². The van der Waals surface area contributed by atoms with Gasteiger partial charge in [-0.1, -0.05) is 29.3 Å². The highest BCUT2D eigenvalue weighted by molar-refractivity contribution is 6.36. The maximum Gasteiger partial charge on any atom is 0.573 e. The molecule has 0 saturated heterocycles. The van der Waals surface area contributed by atoms with E-state index in [9.17, 15) is 31.1 Å². The zero-order valence-electron chi connectivity index (χ0n) is 16.3. The number of benzene rings is 2. The fraction of sp³-hybridized carbons (Fsp3) is 0.200. The fourth-order valence-electron chi connectivity index (χ4n) is 2.94. The van der Waals surface area contributed by atoms with E-state index in [0.717, 1.165) is 30.5 Å². The van der Waals surface area contributed by atoms with Gasteiger partial charge in [0.15, 0.2) is 5.69 Å². The number of halogens is 8. The van der Waals surface area contributed by atoms with Gasteiger partial charge in [0.1, 0.15) is 5.75 Å². The predicted octanol–water partition coefficient (Wildman–Crippen LogP) is 6.07. The first kappa shape index (κ1) is 24.7. The highest BCUT2D eigenvalue weighted by Crippen LogP contribution is 2.34. The molecule has 0 unspecified atom stereocenters. The normalized spacial score (nSPS) is 12.0. The smallest absolute Gasteiger partial charge is 0.406 e. The molecule has 0 atom stereocenters. The average Bonchev–Trinajstić information content (AvgIpc) is 3.15. The summed E-state index contributed by atoms with van der Waals surface area (Å²) in [5, 5.41) is 6.65. The van der Waals surface area contributed by atoms with E-state index in [1.165, 1.54) is 0 Å². The molecule has 3 aromatic rings. The predicted molar refractivity (Wildman–Crippen MR) is 108 cm³/mol. The van der Waals surface area contributed by atoms with Crippen LogP contribution in [0.2, 0.25) is 10.0 Å². The molecule has 0 aliphatic rings. The standard InChI is InChI=1S/C20H13Cl2F6N3O2/c21-15-2-1-3-16(22)13(15)8-9-29-18(32)14-10-30-31(17(14)19(23,24)25)11-4-6-12(7-5-11)33-20(26,27)28/h1-7,10H,8-9H2,(H,29,32). The second-order valence-corrected chi connectivity index (χ2v) is 7.38. The second-order valence-electron chi connectivity index (χ2n) is 6.56. The van der Waals surface area contributed by atoms with Gasteiger partial charge in [-0.05, 0) is 48.4 Å². The highest BCUT2D eigenvalue weighted by atomic mass is 35.5. The summed E-state index contributed by atoms with van der Waals surface area (Å²) in [4.78, 5) is 12.5. The van der Waals surface area contributed by atoms with Crippen molar-refractivity contribution in [3.8, 4) is 11.4 Å². The van der Waals surface area contributed by atoms with E-state index in [2.05, 4.69) is 15.2 Å². The Morgan fingerprint density at radius 1 is 1.00 bits per heavy atom. The van der Waals surface area contributed by atoms with E-state index in [1.807, 2.05) is 0 Å². The summed E-state index contributed by atoms with van der Waals surface area (Å²) in [6, 6.07) is 8.35. The van der Waals surface area contributed by atoms with Crippen molar-refractivity contribution in [1.29, 1.82) is 0 Å². The van der Waals surface area contributed by atoms with Gasteiger partial charge in [0, 0.05) is 16.6 Å². The Morgan fingerprint density at radius 3 is 2.15 bits per heavy atom. The molecule has 2 aromatic carbocycles. The van der Waals surface area contributed by atoms with Gasteiger partial charge in [-0.2, -0.15) is 18.3 Å². The summed E-state index contributed by atoms with van der Waals surface area (Å²) in [5.74, 6) is -1.67. The van der Waals surface area contributed by atoms with Crippen LogP contribution < -0.4 is 10.1 Å². The Kier molecular flexibility index (Phi) is 7.13. The molecule has 13 heteroatoms. The van der Waals surface area contributed by atoms with E-state index in [4.69, 9.17) is 23.2 Å². The quantitative estimate of drug-likeness (QED) is 0.408. The van der Waals surface area contributed by atoms with Crippen LogP contribution in [0.3, 0.4) is 0 Å². The summed E-state index contributed by atoms with van der Waals surface area (Å²) in [7, 11) is 0. The lowest BCUT2D eigenvalue weighted by Crippen LogP contribution is -2.28. The molecule has 0 saturated carbocycles. The van der Waals surface area contributed by atoms with Crippen LogP contribution >= 0.6 is 23.2 Å². The topological polar surface area (TPSA) is 56.2 Å². The van der Waals surface area contributed by atoms with Crippen molar-refractivity contribution in [2.24, 2.45) is 0 Å². The molecular formula is C20H13Cl2F6N3O2. The molecule has 0 fully saturated rings. The lowest BCUT2D eigenvalue weighted by atomic mass is 10.1. The first-order valence-electron chi connectivity index (χ1n) is 9.09. The lowest BCUT2D eigenvalue weighted by Gasteiger charge is -2.14. The Labute approximate surface area is 192 Å². The first-order valence-corrected chi connectivity index (χ1v) is 9.85. The number of hydrogen-bond acceptors (Lipinski definition) is 3. The minimum absolute atomic E-state index is 0.0613. The van der Waals surface area contributed by atoms with Gasteiger partial charge in [-0.25, -0.2) is 4.68 Å². The van der Waals surface area contributed by atoms with E-state index >= 15 is 0 Å². The zero-order chi connectivity index (χ0) is 24.4. The van der Waals surface area contributed by atoms with Gasteiger partial charge in [-0.3, -0.25) is 4.79 Å². The van der Waals surface area contributed by atoms with Gasteiger partial charge in [-0.15, -0.1) is 13.2 Å². The zero-order valence-corrected chi connectivity index (χ0v) is 17.8. The van der Waals surface area contributed by atoms with Crippen molar-refractivity contribution in [3.63, 3.8) is 0 Å². The summed E-state index contributed by atoms with van der Waals surface area (Å²) in [5.41, 5.74) is -1.85. The molecule has 0 spiro atoms. The summed E-state index contributed by atoms with van der Waals surface area (Å²) >= 11 is 12.1. The van der Waals surface area contributed by atoms with Crippen LogP contribution in [0.25, 0.3) is 5.69 Å². The minimum atomic E-state index is -4.99. The Bertz CT molecular complexity index is 1120. The van der Waals surface area contributed by atoms with Crippen molar-refractivity contribution in [2.75, 3.05) is 6.54 Å². The number of nitrogens with one attached hydrogen (secondary N) is 1. The largest absolute Gasteiger partial charge is 0.573 e. The van der Waals surface area contributed by atoms with Crippen LogP contribution in [-0.4, -0.2) is 28.6 Å². The maximum absolute atomic E-state index is 13.7. The van der Waals surface area contributed by atoms with Crippen molar-refractivity contribution in [3.05, 3.63) is 75.5 Å². The van der Waals surface area contributed by atoms with Crippen molar-refractivity contribution >= 4 is 29.1 Å². The SMILES string of the molecule is O=C(NCCc1c(Cl)cccc1Cl)c1cnn(-c2ccc(OC(F)(F)F)cc2)c1C(F)(F)F. The molecule has 0 aliphatic heterocycles. The third-order valence-corrected chi connectivity index (χ3v) is 5.03. The second kappa shape index (κ2) is 9.52. The molecule has 3 rings (SSSR count). The molecule has 0 radical (unpaired) electrons. The lowest BCUT2D eigenvalue weighted by molar-refractivity contribution is -0.274. The number of carbonyl (C=O) groups is 1. The fourth-order valence-corrected chi connectivity index (χ4v) is 3.53. The van der Waals surface area contributed by atoms with E-state index in [1.54, 1.807) is 18.2 Å². The van der Waals surface area contributed by atoms with E-state index in [-0.39, 0.29) is 18.7 Å². The summed E-state index contributed by atoms with van der Waals surface area (Å²) in [6.07, 6.45) is -9.05. The molecule has 1 aromatic heterocycles. The van der Waals surface area contributed by atoms with Crippen molar-refractivity contribution < 1.29 is 35.9 Å². The van der Waals surface area contributed by atoms with Crippen LogP contribution in [-0.2, 0) is 12.6 Å². The number of nitrogens with zero attached hydrogens (tertiary/aromatic N) is 2. The van der Waals surface area contributed by atoms with Crippen LogP contribution in [0.15, 0.2) is 48.7 Å². The number of hydrogen-bond donors (Lipinski definition) is 1. The van der Waals surface area contributed by atoms with Gasteiger partial charge < -0.3 is 10.1 Å². The monoisotopic (exact) mass is 511 g/mol. The third-order valence-electron chi connectivity index (χ3n) is 4.32. The molecule has 1 amide bonds. The Hall–Kier alpha value is -2.92. The molecule has 176 valence electrons. The molecule has 5 nitrogen and oxygen atoms in total. The molecule has 1 heterocycles. The summed E-state index contributed by atoms with van der Waals surface area (Å²) in [6.45, 7) is -0.0613. The average molecular weight is 512 g/mol. The van der Waals surface area contributed by atoms with Gasteiger partial charge >= 0.3 is 12.5 Å². The van der Waals surface area contributed by atoms with Crippen LogP contribution in [0.4, 0.5) is 26.3 Å². The Balaban J connectivity index is 1.81. The van der Waals surface area contributed by atoms with E-state index < -0.39 is 35.5 Å². The molecule has 1 N–H and O–H groups in total. The molecule has 0 aliphatic carbocycles. The molecular weight excluding hydrogens is 499 g/mol. The molecule has 0 bridgehead atoms. The van der Waals surface area contributed by atoms with Gasteiger partial charge in [0.2, 0.25) is 0 Å². The number of amides is 1. The number of aromatic nitrogens is 2. The minimum Gasteiger partial charge on any atom is -0.406 e. The van der Waals surface area contributed by atoms with Gasteiger partial charge in [0.05, 0.1) is 17.4 Å². The number of rotatable bonds is 6. The number of carbonyl (C=O) groups excluding carboxylic acids is 1. The van der Waals surface area contributed by atoms with Crippen molar-refractivity contribution in [2.45, 2.75) is 19.0 Å². The first-order chi connectivity index (χ1) is 15.4. The maximum atomic E-state index is 13.7. The van der Waals surface area contributed by atoms with Crippen molar-refractivity contribution in [1.82, 2.24) is 15.1 Å². The molecule has 33 heavy (non-hydrogen) atoms. The third kappa shape index (κ3) is 6.11. The van der Waals surface area contributed by atoms with Crippen LogP contribution in [0, 0.1) is 0 Å². The highest BCUT2D eigenvalue weighted by Gasteiger charge is 2.40.